The minimum Gasteiger partial charge on any atom is -0.504 e. The minimum absolute atomic E-state index is 0.162. The van der Waals surface area contributed by atoms with Crippen LogP contribution >= 0.6 is 11.8 Å². The first-order valence-corrected chi connectivity index (χ1v) is 14.5. The van der Waals surface area contributed by atoms with Crippen LogP contribution in [0.4, 0.5) is 4.39 Å². The van der Waals surface area contributed by atoms with Gasteiger partial charge in [-0.05, 0) is 78.7 Å². The smallest absolute Gasteiger partial charge is 0.330 e. The number of nitrogens with zero attached hydrogens (tertiary/aromatic N) is 3. The van der Waals surface area contributed by atoms with Crippen LogP contribution in [-0.2, 0) is 19.4 Å². The second kappa shape index (κ2) is 12.1. The normalized spacial score (nSPS) is 11.6. The predicted octanol–water partition coefficient (Wildman–Crippen LogP) is 4.63. The summed E-state index contributed by atoms with van der Waals surface area (Å²) in [5.74, 6) is -0.471. The van der Waals surface area contributed by atoms with Crippen LogP contribution in [0.1, 0.15) is 12.0 Å². The van der Waals surface area contributed by atoms with Crippen LogP contribution in [-0.4, -0.2) is 58.0 Å². The van der Waals surface area contributed by atoms with Gasteiger partial charge < -0.3 is 14.9 Å². The third-order valence-electron chi connectivity index (χ3n) is 5.38. The van der Waals surface area contributed by atoms with Crippen LogP contribution in [0.5, 0.6) is 11.5 Å². The molecule has 39 heavy (non-hydrogen) atoms. The number of aromatic hydroxyl groups is 2. The molecule has 0 spiro atoms. The first-order chi connectivity index (χ1) is 18.6. The molecule has 4 aromatic rings. The second-order valence-electron chi connectivity index (χ2n) is 8.35. The molecule has 4 rings (SSSR count). The third kappa shape index (κ3) is 7.45. The number of ether oxygens (including phenoxy) is 1. The molecule has 0 aliphatic rings. The molecule has 2 N–H and O–H groups in total. The lowest BCUT2D eigenvalue weighted by Gasteiger charge is -2.06. The van der Waals surface area contributed by atoms with Crippen molar-refractivity contribution in [2.24, 2.45) is 0 Å². The molecule has 0 amide bonds. The lowest BCUT2D eigenvalue weighted by Crippen LogP contribution is -2.03. The van der Waals surface area contributed by atoms with Crippen LogP contribution in [0.15, 0.2) is 82.9 Å². The summed E-state index contributed by atoms with van der Waals surface area (Å²) in [6, 6.07) is 16.2. The summed E-state index contributed by atoms with van der Waals surface area (Å²) in [5.41, 5.74) is 1.75. The molecule has 202 valence electrons. The van der Waals surface area contributed by atoms with E-state index in [1.165, 1.54) is 60.3 Å². The SMILES string of the molecule is CS(=O)(=O)c1ccc(-c2nc(SCCCOC(=O)/C=C/c3ccc(O)c(O)c3)nn2-c2ccc(F)cc2)cc1. The zero-order valence-electron chi connectivity index (χ0n) is 20.7. The lowest BCUT2D eigenvalue weighted by atomic mass is 10.2. The Morgan fingerprint density at radius 2 is 1.77 bits per heavy atom. The van der Waals surface area contributed by atoms with Crippen molar-refractivity contribution < 1.29 is 32.6 Å². The van der Waals surface area contributed by atoms with E-state index in [-0.39, 0.29) is 23.0 Å². The number of carbonyl (C=O) groups is 1. The highest BCUT2D eigenvalue weighted by Gasteiger charge is 2.16. The number of sulfone groups is 1. The van der Waals surface area contributed by atoms with E-state index in [0.717, 1.165) is 6.26 Å². The van der Waals surface area contributed by atoms with E-state index >= 15 is 0 Å². The summed E-state index contributed by atoms with van der Waals surface area (Å²) in [4.78, 5) is 16.7. The fourth-order valence-corrected chi connectivity index (χ4v) is 4.77. The van der Waals surface area contributed by atoms with Crippen molar-refractivity contribution in [3.8, 4) is 28.6 Å². The lowest BCUT2D eigenvalue weighted by molar-refractivity contribution is -0.137. The number of phenolic OH excluding ortho intramolecular Hbond substituents is 2. The summed E-state index contributed by atoms with van der Waals surface area (Å²) in [7, 11) is -3.36. The summed E-state index contributed by atoms with van der Waals surface area (Å²) in [5, 5.41) is 23.8. The van der Waals surface area contributed by atoms with Gasteiger partial charge in [-0.25, -0.2) is 27.3 Å². The number of hydrogen-bond donors (Lipinski definition) is 2. The number of esters is 1. The molecule has 9 nitrogen and oxygen atoms in total. The molecule has 0 saturated heterocycles. The Labute approximate surface area is 228 Å². The maximum absolute atomic E-state index is 13.5. The topological polar surface area (TPSA) is 132 Å². The summed E-state index contributed by atoms with van der Waals surface area (Å²) < 4.78 is 43.9. The Bertz CT molecular complexity index is 1600. The fraction of sp³-hybridized carbons (Fsp3) is 0.148. The van der Waals surface area contributed by atoms with Gasteiger partial charge in [0.2, 0.25) is 5.16 Å². The second-order valence-corrected chi connectivity index (χ2v) is 11.4. The van der Waals surface area contributed by atoms with Crippen LogP contribution in [0.25, 0.3) is 23.2 Å². The van der Waals surface area contributed by atoms with Crippen molar-refractivity contribution in [1.82, 2.24) is 14.8 Å². The van der Waals surface area contributed by atoms with E-state index in [2.05, 4.69) is 10.1 Å². The standard InChI is InChI=1S/C27H24FN3O6S2/c1-39(35,36)22-11-5-19(6-12-22)26-29-27(30-31(26)21-9-7-20(28)8-10-21)38-16-2-15-37-25(34)14-4-18-3-13-23(32)24(33)17-18/h3-14,17,32-33H,2,15-16H2,1H3/b14-4+. The molecule has 1 aromatic heterocycles. The first-order valence-electron chi connectivity index (χ1n) is 11.6. The number of benzene rings is 3. The Balaban J connectivity index is 1.39. The van der Waals surface area contributed by atoms with Crippen molar-refractivity contribution in [2.45, 2.75) is 16.5 Å². The van der Waals surface area contributed by atoms with Gasteiger partial charge in [-0.3, -0.25) is 0 Å². The molecule has 0 unspecified atom stereocenters. The summed E-state index contributed by atoms with van der Waals surface area (Å²) in [6.45, 7) is 0.162. The molecule has 0 saturated carbocycles. The zero-order valence-corrected chi connectivity index (χ0v) is 22.3. The molecule has 0 radical (unpaired) electrons. The number of rotatable bonds is 10. The Kier molecular flexibility index (Phi) is 8.67. The average molecular weight is 570 g/mol. The first kappa shape index (κ1) is 27.9. The molecule has 12 heteroatoms. The van der Waals surface area contributed by atoms with Gasteiger partial charge in [0.15, 0.2) is 27.2 Å². The van der Waals surface area contributed by atoms with Gasteiger partial charge in [0.05, 0.1) is 17.2 Å². The van der Waals surface area contributed by atoms with Crippen LogP contribution in [0.3, 0.4) is 0 Å². The third-order valence-corrected chi connectivity index (χ3v) is 7.43. The largest absolute Gasteiger partial charge is 0.504 e. The van der Waals surface area contributed by atoms with Crippen LogP contribution in [0, 0.1) is 5.82 Å². The molecular formula is C27H24FN3O6S2. The molecule has 3 aromatic carbocycles. The average Bonchev–Trinajstić information content (AvgIpc) is 3.33. The number of hydrogen-bond acceptors (Lipinski definition) is 9. The molecule has 0 aliphatic carbocycles. The fourth-order valence-electron chi connectivity index (χ4n) is 3.41. The van der Waals surface area contributed by atoms with E-state index < -0.39 is 21.6 Å². The van der Waals surface area contributed by atoms with E-state index in [9.17, 15) is 27.8 Å². The van der Waals surface area contributed by atoms with Crippen LogP contribution < -0.4 is 0 Å². The van der Waals surface area contributed by atoms with Crippen molar-refractivity contribution in [1.29, 1.82) is 0 Å². The molecular weight excluding hydrogens is 545 g/mol. The molecule has 1 heterocycles. The maximum Gasteiger partial charge on any atom is 0.330 e. The Hall–Kier alpha value is -4.16. The Morgan fingerprint density at radius 3 is 2.44 bits per heavy atom. The van der Waals surface area contributed by atoms with Gasteiger partial charge in [-0.1, -0.05) is 17.8 Å². The molecule has 0 bridgehead atoms. The molecule has 0 fully saturated rings. The monoisotopic (exact) mass is 569 g/mol. The number of phenols is 2. The van der Waals surface area contributed by atoms with Crippen molar-refractivity contribution in [3.63, 3.8) is 0 Å². The van der Waals surface area contributed by atoms with E-state index in [0.29, 0.717) is 40.0 Å². The van der Waals surface area contributed by atoms with E-state index in [4.69, 9.17) is 4.74 Å². The Morgan fingerprint density at radius 1 is 1.05 bits per heavy atom. The number of carbonyl (C=O) groups excluding carboxylic acids is 1. The maximum atomic E-state index is 13.5. The number of aromatic nitrogens is 3. The number of halogens is 1. The minimum atomic E-state index is -3.36. The van der Waals surface area contributed by atoms with E-state index in [1.807, 2.05) is 0 Å². The summed E-state index contributed by atoms with van der Waals surface area (Å²) >= 11 is 1.35. The van der Waals surface area contributed by atoms with Gasteiger partial charge >= 0.3 is 5.97 Å². The van der Waals surface area contributed by atoms with Gasteiger partial charge in [0, 0.05) is 23.6 Å². The molecule has 0 aliphatic heterocycles. The number of thioether (sulfide) groups is 1. The van der Waals surface area contributed by atoms with Gasteiger partial charge in [0.1, 0.15) is 5.82 Å². The van der Waals surface area contributed by atoms with Gasteiger partial charge in [0.25, 0.3) is 0 Å². The zero-order chi connectivity index (χ0) is 28.0. The van der Waals surface area contributed by atoms with Crippen molar-refractivity contribution in [3.05, 3.63) is 84.2 Å². The van der Waals surface area contributed by atoms with Gasteiger partial charge in [-0.15, -0.1) is 5.10 Å². The van der Waals surface area contributed by atoms with E-state index in [1.54, 1.807) is 35.0 Å². The van der Waals surface area contributed by atoms with Crippen molar-refractivity contribution in [2.75, 3.05) is 18.6 Å². The molecule has 0 atom stereocenters. The summed E-state index contributed by atoms with van der Waals surface area (Å²) in [6.07, 6.45) is 4.35. The predicted molar refractivity (Wildman–Crippen MR) is 145 cm³/mol. The van der Waals surface area contributed by atoms with Crippen molar-refractivity contribution >= 4 is 33.6 Å². The quantitative estimate of drug-likeness (QED) is 0.0923. The highest BCUT2D eigenvalue weighted by molar-refractivity contribution is 7.99. The van der Waals surface area contributed by atoms with Crippen LogP contribution in [0.2, 0.25) is 0 Å². The highest BCUT2D eigenvalue weighted by Crippen LogP contribution is 2.27. The van der Waals surface area contributed by atoms with Gasteiger partial charge in [-0.2, -0.15) is 0 Å². The highest BCUT2D eigenvalue weighted by atomic mass is 32.2.